The van der Waals surface area contributed by atoms with E-state index in [2.05, 4.69) is 31.9 Å². The Morgan fingerprint density at radius 1 is 0.857 bits per heavy atom. The van der Waals surface area contributed by atoms with E-state index in [1.54, 1.807) is 18.2 Å². The van der Waals surface area contributed by atoms with Crippen LogP contribution in [0.3, 0.4) is 0 Å². The molecule has 0 aliphatic heterocycles. The van der Waals surface area contributed by atoms with Crippen LogP contribution in [0.25, 0.3) is 21.1 Å². The zero-order chi connectivity index (χ0) is 24.4. The fourth-order valence-corrected chi connectivity index (χ4v) is 4.01. The van der Waals surface area contributed by atoms with E-state index < -0.39 is 11.9 Å². The molecule has 4 rings (SSSR count). The summed E-state index contributed by atoms with van der Waals surface area (Å²) in [5, 5.41) is 19.2. The second kappa shape index (κ2) is 18.1. The van der Waals surface area contributed by atoms with Crippen molar-refractivity contribution >= 4 is 76.2 Å². The summed E-state index contributed by atoms with van der Waals surface area (Å²) >= 11 is 7.90. The minimum Gasteiger partial charge on any atom is -0.477 e. The van der Waals surface area contributed by atoms with Crippen molar-refractivity contribution in [2.75, 3.05) is 0 Å². The number of carboxylic acids is 2. The predicted molar refractivity (Wildman–Crippen MR) is 158 cm³/mol. The summed E-state index contributed by atoms with van der Waals surface area (Å²) in [6.07, 6.45) is 0. The highest BCUT2D eigenvalue weighted by atomic mass is 79.9. The van der Waals surface area contributed by atoms with Crippen LogP contribution in [0.5, 0.6) is 0 Å². The molecular weight excluding hydrogens is 598 g/mol. The standard InChI is InChI=1S/C9H5BrO3.C9H5BrO2S.C3H9N.C2H6.3CH4/c2*10-6-2-1-5-3-8(9(11)12)13-7(5)4-6;1-3(2)4;1-2;;;/h2*1-4H,(H,11,12);3H,4H2,1-2H3;1-2H3;3*1H4. The Hall–Kier alpha value is -2.20. The minimum atomic E-state index is -1.05. The number of benzene rings is 2. The topological polar surface area (TPSA) is 114 Å². The lowest BCUT2D eigenvalue weighted by Crippen LogP contribution is -2.06. The van der Waals surface area contributed by atoms with E-state index in [1.807, 2.05) is 52.0 Å². The van der Waals surface area contributed by atoms with Gasteiger partial charge in [0.2, 0.25) is 5.76 Å². The van der Waals surface area contributed by atoms with Crippen molar-refractivity contribution in [3.8, 4) is 0 Å². The Labute approximate surface area is 229 Å². The molecule has 0 fully saturated rings. The van der Waals surface area contributed by atoms with E-state index in [9.17, 15) is 9.59 Å². The fourth-order valence-electron chi connectivity index (χ4n) is 2.22. The van der Waals surface area contributed by atoms with E-state index in [0.29, 0.717) is 16.5 Å². The average molecular weight is 635 g/mol. The lowest BCUT2D eigenvalue weighted by atomic mass is 10.2. The highest BCUT2D eigenvalue weighted by molar-refractivity contribution is 9.10. The molecule has 196 valence electrons. The molecule has 0 unspecified atom stereocenters. The van der Waals surface area contributed by atoms with Gasteiger partial charge in [0, 0.05) is 19.0 Å². The third kappa shape index (κ3) is 12.4. The third-order valence-electron chi connectivity index (χ3n) is 3.39. The summed E-state index contributed by atoms with van der Waals surface area (Å²) in [4.78, 5) is 21.6. The van der Waals surface area contributed by atoms with Gasteiger partial charge in [0.05, 0.1) is 0 Å². The van der Waals surface area contributed by atoms with Crippen LogP contribution in [-0.4, -0.2) is 28.2 Å². The van der Waals surface area contributed by atoms with Gasteiger partial charge in [0.25, 0.3) is 0 Å². The maximum atomic E-state index is 10.7. The molecule has 0 amide bonds. The molecule has 6 nitrogen and oxygen atoms in total. The SMILES string of the molecule is C.C.C.CC.CC(C)N.O=C(O)c1cc2ccc(Br)cc2o1.O=C(O)c1cc2ccc(Br)cc2s1. The first-order chi connectivity index (χ1) is 15.1. The molecule has 0 aliphatic carbocycles. The second-order valence-corrected chi connectivity index (χ2v) is 9.36. The highest BCUT2D eigenvalue weighted by Gasteiger charge is 2.10. The molecule has 0 radical (unpaired) electrons. The van der Waals surface area contributed by atoms with Gasteiger partial charge in [-0.25, -0.2) is 9.59 Å². The number of aromatic carboxylic acids is 2. The van der Waals surface area contributed by atoms with Crippen molar-refractivity contribution in [3.63, 3.8) is 0 Å². The Bertz CT molecular complexity index is 1090. The largest absolute Gasteiger partial charge is 0.477 e. The van der Waals surface area contributed by atoms with Gasteiger partial charge in [0.1, 0.15) is 10.5 Å². The molecule has 9 heteroatoms. The maximum Gasteiger partial charge on any atom is 0.371 e. The van der Waals surface area contributed by atoms with Gasteiger partial charge in [0.15, 0.2) is 0 Å². The van der Waals surface area contributed by atoms with Gasteiger partial charge >= 0.3 is 11.9 Å². The quantitative estimate of drug-likeness (QED) is 0.202. The summed E-state index contributed by atoms with van der Waals surface area (Å²) < 4.78 is 7.91. The smallest absolute Gasteiger partial charge is 0.371 e. The van der Waals surface area contributed by atoms with Crippen LogP contribution in [0.2, 0.25) is 0 Å². The first-order valence-corrected chi connectivity index (χ1v) is 12.1. The zero-order valence-corrected chi connectivity index (χ0v) is 22.0. The number of fused-ring (bicyclic) bond motifs is 2. The van der Waals surface area contributed by atoms with E-state index >= 15 is 0 Å². The molecule has 35 heavy (non-hydrogen) atoms. The summed E-state index contributed by atoms with van der Waals surface area (Å²) in [6, 6.07) is 14.6. The highest BCUT2D eigenvalue weighted by Crippen LogP contribution is 2.28. The fraction of sp³-hybridized carbons (Fsp3) is 0.308. The minimum absolute atomic E-state index is 0. The molecule has 0 saturated heterocycles. The number of halogens is 2. The number of carboxylic acid groups (broad SMARTS) is 2. The first-order valence-electron chi connectivity index (χ1n) is 9.67. The van der Waals surface area contributed by atoms with Crippen molar-refractivity contribution in [1.29, 1.82) is 0 Å². The van der Waals surface area contributed by atoms with Crippen LogP contribution in [0.15, 0.2) is 61.9 Å². The first kappa shape index (κ1) is 37.4. The van der Waals surface area contributed by atoms with Crippen LogP contribution in [0, 0.1) is 0 Å². The maximum absolute atomic E-state index is 10.7. The van der Waals surface area contributed by atoms with Gasteiger partial charge < -0.3 is 20.4 Å². The Morgan fingerprint density at radius 2 is 1.34 bits per heavy atom. The van der Waals surface area contributed by atoms with Crippen LogP contribution < -0.4 is 5.73 Å². The summed E-state index contributed by atoms with van der Waals surface area (Å²) in [6.45, 7) is 7.89. The van der Waals surface area contributed by atoms with Crippen LogP contribution in [0.1, 0.15) is 70.2 Å². The van der Waals surface area contributed by atoms with Crippen molar-refractivity contribution in [3.05, 3.63) is 68.1 Å². The van der Waals surface area contributed by atoms with Crippen LogP contribution >= 0.6 is 43.2 Å². The Morgan fingerprint density at radius 3 is 1.83 bits per heavy atom. The van der Waals surface area contributed by atoms with Crippen LogP contribution in [0.4, 0.5) is 0 Å². The van der Waals surface area contributed by atoms with Crippen LogP contribution in [-0.2, 0) is 0 Å². The molecular formula is C26H37Br2NO5S. The van der Waals surface area contributed by atoms with Crippen molar-refractivity contribution in [2.45, 2.75) is 56.0 Å². The molecule has 2 aromatic carbocycles. The molecule has 2 aromatic heterocycles. The number of thiophene rings is 1. The monoisotopic (exact) mass is 633 g/mol. The van der Waals surface area contributed by atoms with E-state index in [1.165, 1.54) is 17.4 Å². The Kier molecular flexibility index (Phi) is 19.3. The Balaban J connectivity index is -0.000000448. The summed E-state index contributed by atoms with van der Waals surface area (Å²) in [5.74, 6) is -1.95. The van der Waals surface area contributed by atoms with E-state index in [4.69, 9.17) is 20.4 Å². The van der Waals surface area contributed by atoms with Crippen molar-refractivity contribution in [2.24, 2.45) is 5.73 Å². The lowest BCUT2D eigenvalue weighted by molar-refractivity contribution is 0.0662. The van der Waals surface area contributed by atoms with Gasteiger partial charge in [-0.2, -0.15) is 0 Å². The molecule has 0 atom stereocenters. The van der Waals surface area contributed by atoms with Crippen molar-refractivity contribution < 1.29 is 24.2 Å². The molecule has 4 N–H and O–H groups in total. The van der Waals surface area contributed by atoms with Gasteiger partial charge in [-0.05, 0) is 53.9 Å². The average Bonchev–Trinajstić information content (AvgIpc) is 3.33. The van der Waals surface area contributed by atoms with E-state index in [-0.39, 0.29) is 28.0 Å². The van der Waals surface area contributed by atoms with Gasteiger partial charge in [-0.15, -0.1) is 11.3 Å². The summed E-state index contributed by atoms with van der Waals surface area (Å²) in [7, 11) is 0. The summed E-state index contributed by atoms with van der Waals surface area (Å²) in [5.41, 5.74) is 5.69. The number of nitrogens with two attached hydrogens (primary N) is 1. The van der Waals surface area contributed by atoms with E-state index in [0.717, 1.165) is 24.4 Å². The molecule has 0 saturated carbocycles. The number of furan rings is 1. The molecule has 0 aliphatic rings. The predicted octanol–water partition coefficient (Wildman–Crippen LogP) is 9.54. The van der Waals surface area contributed by atoms with Crippen molar-refractivity contribution in [1.82, 2.24) is 0 Å². The molecule has 4 aromatic rings. The number of hydrogen-bond acceptors (Lipinski definition) is 5. The van der Waals surface area contributed by atoms with Gasteiger partial charge in [-0.1, -0.05) is 87.9 Å². The number of hydrogen-bond donors (Lipinski definition) is 3. The third-order valence-corrected chi connectivity index (χ3v) is 5.46. The molecule has 0 bridgehead atoms. The molecule has 0 spiro atoms. The lowest BCUT2D eigenvalue weighted by Gasteiger charge is -1.88. The van der Waals surface area contributed by atoms with Gasteiger partial charge in [-0.3, -0.25) is 0 Å². The second-order valence-electron chi connectivity index (χ2n) is 6.44. The zero-order valence-electron chi connectivity index (χ0n) is 18.1. The number of carbonyl (C=O) groups is 2. The molecule has 2 heterocycles. The number of rotatable bonds is 2. The normalized spacial score (nSPS) is 9.03.